The van der Waals surface area contributed by atoms with Gasteiger partial charge in [-0.15, -0.1) is 0 Å². The molecule has 7 unspecified atom stereocenters. The average molecular weight is 486 g/mol. The topological polar surface area (TPSA) is 66.4 Å². The van der Waals surface area contributed by atoms with Crippen LogP contribution < -0.4 is 5.32 Å². The van der Waals surface area contributed by atoms with Gasteiger partial charge in [0.15, 0.2) is 0 Å². The number of rotatable bonds is 10. The number of aliphatic carboxylic acids is 1. The van der Waals surface area contributed by atoms with Crippen LogP contribution in [0.15, 0.2) is 11.6 Å². The molecule has 0 aromatic carbocycles. The van der Waals surface area contributed by atoms with E-state index in [4.69, 9.17) is 5.11 Å². The Morgan fingerprint density at radius 1 is 1.03 bits per heavy atom. The maximum Gasteiger partial charge on any atom is 0.303 e. The van der Waals surface area contributed by atoms with E-state index in [-0.39, 0.29) is 18.4 Å². The van der Waals surface area contributed by atoms with Crippen molar-refractivity contribution in [2.24, 2.45) is 40.4 Å². The number of hydrogen-bond donors (Lipinski definition) is 2. The quantitative estimate of drug-likeness (QED) is 0.248. The third-order valence-corrected chi connectivity index (χ3v) is 11.0. The average Bonchev–Trinajstić information content (AvgIpc) is 3.13. The third kappa shape index (κ3) is 5.67. The lowest BCUT2D eigenvalue weighted by Gasteiger charge is -2.58. The Balaban J connectivity index is 1.35. The van der Waals surface area contributed by atoms with Crippen LogP contribution in [0.1, 0.15) is 124 Å². The summed E-state index contributed by atoms with van der Waals surface area (Å²) < 4.78 is 0. The summed E-state index contributed by atoms with van der Waals surface area (Å²) in [5, 5.41) is 12.0. The van der Waals surface area contributed by atoms with E-state index in [0.717, 1.165) is 42.4 Å². The van der Waals surface area contributed by atoms with Crippen LogP contribution >= 0.6 is 0 Å². The summed E-state index contributed by atoms with van der Waals surface area (Å²) in [6.07, 6.45) is 19.2. The highest BCUT2D eigenvalue weighted by molar-refractivity contribution is 5.77. The molecule has 0 aromatic rings. The Hall–Kier alpha value is -1.32. The molecule has 0 saturated heterocycles. The summed E-state index contributed by atoms with van der Waals surface area (Å²) in [6.45, 7) is 9.90. The van der Waals surface area contributed by atoms with Gasteiger partial charge in [-0.3, -0.25) is 9.59 Å². The molecule has 0 aliphatic heterocycles. The lowest BCUT2D eigenvalue weighted by atomic mass is 9.47. The fourth-order valence-corrected chi connectivity index (χ4v) is 9.01. The summed E-state index contributed by atoms with van der Waals surface area (Å²) >= 11 is 0. The maximum atomic E-state index is 12.4. The van der Waals surface area contributed by atoms with Gasteiger partial charge in [-0.05, 0) is 105 Å². The van der Waals surface area contributed by atoms with Crippen LogP contribution in [0.4, 0.5) is 0 Å². The Morgan fingerprint density at radius 2 is 1.83 bits per heavy atom. The Kier molecular flexibility index (Phi) is 8.38. The summed E-state index contributed by atoms with van der Waals surface area (Å²) in [5.41, 5.74) is 2.47. The number of nitrogens with one attached hydrogen (secondary N) is 1. The second kappa shape index (κ2) is 11.0. The van der Waals surface area contributed by atoms with E-state index in [1.54, 1.807) is 5.57 Å². The monoisotopic (exact) mass is 485 g/mol. The Labute approximate surface area is 214 Å². The van der Waals surface area contributed by atoms with Gasteiger partial charge in [0.25, 0.3) is 0 Å². The Morgan fingerprint density at radius 3 is 2.57 bits per heavy atom. The number of carbonyl (C=O) groups excluding carboxylic acids is 1. The molecule has 4 heteroatoms. The predicted molar refractivity (Wildman–Crippen MR) is 142 cm³/mol. The van der Waals surface area contributed by atoms with Crippen molar-refractivity contribution in [2.45, 2.75) is 130 Å². The first kappa shape index (κ1) is 26.7. The molecule has 0 spiro atoms. The van der Waals surface area contributed by atoms with E-state index in [2.05, 4.69) is 39.1 Å². The molecule has 3 saturated carbocycles. The highest BCUT2D eigenvalue weighted by atomic mass is 16.4. The summed E-state index contributed by atoms with van der Waals surface area (Å²) in [5.74, 6) is 3.53. The van der Waals surface area contributed by atoms with Gasteiger partial charge < -0.3 is 10.4 Å². The van der Waals surface area contributed by atoms with Crippen molar-refractivity contribution in [1.29, 1.82) is 0 Å². The first-order valence-corrected chi connectivity index (χ1v) is 14.8. The second-order valence-electron chi connectivity index (χ2n) is 13.5. The standard InChI is InChI=1S/C31H51NO3/c1-21(2)8-5-6-9-22-13-15-26-25-14-12-23-20-24(32-28(33)10-7-11-29(34)35)16-18-31(23,4)27(25)17-19-30(22,26)3/h12,21-22,24-27H,5-11,13-20H2,1-4H3,(H,32,33)(H,34,35). The van der Waals surface area contributed by atoms with Crippen molar-refractivity contribution < 1.29 is 14.7 Å². The van der Waals surface area contributed by atoms with Crippen LogP contribution in [0.2, 0.25) is 0 Å². The molecule has 0 radical (unpaired) electrons. The Bertz CT molecular complexity index is 803. The molecule has 0 bridgehead atoms. The zero-order valence-electron chi connectivity index (χ0n) is 22.9. The first-order valence-electron chi connectivity index (χ1n) is 14.8. The molecular weight excluding hydrogens is 434 g/mol. The van der Waals surface area contributed by atoms with Crippen molar-refractivity contribution in [3.63, 3.8) is 0 Å². The minimum atomic E-state index is -0.823. The molecule has 1 amide bonds. The number of unbranched alkanes of at least 4 members (excludes halogenated alkanes) is 1. The number of allylic oxidation sites excluding steroid dienone is 1. The highest BCUT2D eigenvalue weighted by Gasteiger charge is 2.58. The number of carboxylic acids is 1. The molecule has 2 N–H and O–H groups in total. The van der Waals surface area contributed by atoms with Gasteiger partial charge >= 0.3 is 5.97 Å². The van der Waals surface area contributed by atoms with Crippen molar-refractivity contribution in [3.05, 3.63) is 11.6 Å². The van der Waals surface area contributed by atoms with E-state index >= 15 is 0 Å². The normalized spacial score (nSPS) is 38.3. The zero-order chi connectivity index (χ0) is 25.2. The van der Waals surface area contributed by atoms with E-state index in [1.807, 2.05) is 0 Å². The fraction of sp³-hybridized carbons (Fsp3) is 0.871. The molecule has 4 aliphatic carbocycles. The van der Waals surface area contributed by atoms with Crippen molar-refractivity contribution in [2.75, 3.05) is 0 Å². The maximum absolute atomic E-state index is 12.4. The van der Waals surface area contributed by atoms with Gasteiger partial charge in [-0.2, -0.15) is 0 Å². The first-order chi connectivity index (χ1) is 16.6. The molecule has 7 atom stereocenters. The molecule has 0 aromatic heterocycles. The van der Waals surface area contributed by atoms with Gasteiger partial charge in [0.05, 0.1) is 0 Å². The summed E-state index contributed by atoms with van der Waals surface area (Å²) in [4.78, 5) is 23.1. The SMILES string of the molecule is CC(C)CCCCC1CCC2C3CC=C4CC(NC(=O)CCCC(=O)O)CCC4(C)C3CCC12C. The molecule has 4 nitrogen and oxygen atoms in total. The van der Waals surface area contributed by atoms with Crippen molar-refractivity contribution >= 4 is 11.9 Å². The van der Waals surface area contributed by atoms with Crippen LogP contribution in [0.3, 0.4) is 0 Å². The molecule has 4 rings (SSSR count). The fourth-order valence-electron chi connectivity index (χ4n) is 9.01. The van der Waals surface area contributed by atoms with Gasteiger partial charge in [0.1, 0.15) is 0 Å². The number of carbonyl (C=O) groups is 2. The lowest BCUT2D eigenvalue weighted by molar-refractivity contribution is -0.137. The van der Waals surface area contributed by atoms with E-state index in [1.165, 1.54) is 64.2 Å². The number of carboxylic acid groups (broad SMARTS) is 1. The van der Waals surface area contributed by atoms with Crippen LogP contribution in [0.5, 0.6) is 0 Å². The van der Waals surface area contributed by atoms with E-state index < -0.39 is 5.97 Å². The molecule has 3 fully saturated rings. The second-order valence-corrected chi connectivity index (χ2v) is 13.5. The lowest BCUT2D eigenvalue weighted by Crippen LogP contribution is -2.51. The van der Waals surface area contributed by atoms with Crippen LogP contribution in [-0.4, -0.2) is 23.0 Å². The summed E-state index contributed by atoms with van der Waals surface area (Å²) in [7, 11) is 0. The van der Waals surface area contributed by atoms with E-state index in [9.17, 15) is 9.59 Å². The predicted octanol–water partition coefficient (Wildman–Crippen LogP) is 7.52. The molecule has 4 aliphatic rings. The summed E-state index contributed by atoms with van der Waals surface area (Å²) in [6, 6.07) is 0.221. The zero-order valence-corrected chi connectivity index (χ0v) is 22.9. The molecular formula is C31H51NO3. The number of fused-ring (bicyclic) bond motifs is 5. The van der Waals surface area contributed by atoms with Crippen molar-refractivity contribution in [3.8, 4) is 0 Å². The number of hydrogen-bond acceptors (Lipinski definition) is 2. The van der Waals surface area contributed by atoms with E-state index in [0.29, 0.717) is 23.7 Å². The highest BCUT2D eigenvalue weighted by Crippen LogP contribution is 2.66. The largest absolute Gasteiger partial charge is 0.481 e. The van der Waals surface area contributed by atoms with Gasteiger partial charge in [0, 0.05) is 18.9 Å². The third-order valence-electron chi connectivity index (χ3n) is 11.0. The van der Waals surface area contributed by atoms with Crippen LogP contribution in [0.25, 0.3) is 0 Å². The molecule has 0 heterocycles. The van der Waals surface area contributed by atoms with Crippen molar-refractivity contribution in [1.82, 2.24) is 5.32 Å². The van der Waals surface area contributed by atoms with Gasteiger partial charge in [-0.25, -0.2) is 0 Å². The number of amides is 1. The van der Waals surface area contributed by atoms with Gasteiger partial charge in [-0.1, -0.05) is 58.6 Å². The smallest absolute Gasteiger partial charge is 0.303 e. The molecule has 198 valence electrons. The molecule has 35 heavy (non-hydrogen) atoms. The van der Waals surface area contributed by atoms with Crippen LogP contribution in [0, 0.1) is 40.4 Å². The minimum Gasteiger partial charge on any atom is -0.481 e. The van der Waals surface area contributed by atoms with Gasteiger partial charge in [0.2, 0.25) is 5.91 Å². The minimum absolute atomic E-state index is 0.0213. The van der Waals surface area contributed by atoms with Crippen LogP contribution in [-0.2, 0) is 9.59 Å².